The Morgan fingerprint density at radius 3 is 2.50 bits per heavy atom. The second-order valence-corrected chi connectivity index (χ2v) is 9.21. The van der Waals surface area contributed by atoms with E-state index in [9.17, 15) is 4.79 Å². The van der Waals surface area contributed by atoms with E-state index in [-0.39, 0.29) is 17.2 Å². The first-order valence-corrected chi connectivity index (χ1v) is 11.0. The Hall–Kier alpha value is -1.83. The van der Waals surface area contributed by atoms with E-state index < -0.39 is 0 Å². The topological polar surface area (TPSA) is 29.1 Å². The minimum atomic E-state index is 0.224. The number of allylic oxidation sites excluding steroid dienone is 9. The largest absolute Gasteiger partial charge is 0.352 e. The highest BCUT2D eigenvalue weighted by Gasteiger charge is 2.26. The fourth-order valence-corrected chi connectivity index (χ4v) is 4.35. The molecule has 0 spiro atoms. The molecule has 2 heteroatoms. The van der Waals surface area contributed by atoms with E-state index >= 15 is 0 Å². The van der Waals surface area contributed by atoms with Crippen molar-refractivity contribution in [1.82, 2.24) is 5.32 Å². The summed E-state index contributed by atoms with van der Waals surface area (Å²) in [6.45, 7) is 11.8. The Balaban J connectivity index is 1.83. The molecule has 154 valence electrons. The molecule has 0 aliphatic heterocycles. The van der Waals surface area contributed by atoms with Crippen LogP contribution in [0.5, 0.6) is 0 Å². The van der Waals surface area contributed by atoms with Gasteiger partial charge >= 0.3 is 0 Å². The van der Waals surface area contributed by atoms with E-state index in [1.54, 1.807) is 0 Å². The van der Waals surface area contributed by atoms with E-state index in [1.807, 2.05) is 0 Å². The lowest BCUT2D eigenvalue weighted by Crippen LogP contribution is -2.29. The second kappa shape index (κ2) is 10.6. The summed E-state index contributed by atoms with van der Waals surface area (Å²) in [5.74, 6) is 0.469. The number of nitrogens with one attached hydrogen (secondary N) is 1. The van der Waals surface area contributed by atoms with Crippen LogP contribution in [0.1, 0.15) is 79.6 Å². The molecule has 0 aromatic carbocycles. The summed E-state index contributed by atoms with van der Waals surface area (Å²) in [6, 6.07) is 0. The van der Waals surface area contributed by atoms with Crippen LogP contribution in [0, 0.1) is 11.3 Å². The van der Waals surface area contributed by atoms with E-state index in [4.69, 9.17) is 0 Å². The molecule has 1 fully saturated rings. The summed E-state index contributed by atoms with van der Waals surface area (Å²) in [7, 11) is 0. The number of hydrogen-bond acceptors (Lipinski definition) is 1. The first-order chi connectivity index (χ1) is 13.3. The number of carbonyl (C=O) groups excluding carboxylic acids is 1. The molecule has 2 rings (SSSR count). The molecule has 1 amide bonds. The van der Waals surface area contributed by atoms with Crippen molar-refractivity contribution in [1.29, 1.82) is 0 Å². The van der Waals surface area contributed by atoms with E-state index in [0.717, 1.165) is 12.8 Å². The van der Waals surface area contributed by atoms with Crippen LogP contribution in [0.3, 0.4) is 0 Å². The highest BCUT2D eigenvalue weighted by Crippen LogP contribution is 2.40. The van der Waals surface area contributed by atoms with Gasteiger partial charge in [-0.1, -0.05) is 79.9 Å². The minimum absolute atomic E-state index is 0.224. The normalized spacial score (nSPS) is 21.9. The molecule has 2 aliphatic rings. The average molecular weight is 382 g/mol. The molecule has 1 N–H and O–H groups in total. The van der Waals surface area contributed by atoms with Crippen LogP contribution in [-0.4, -0.2) is 12.5 Å². The monoisotopic (exact) mass is 381 g/mol. The molecule has 2 aliphatic carbocycles. The van der Waals surface area contributed by atoms with Gasteiger partial charge in [-0.25, -0.2) is 0 Å². The summed E-state index contributed by atoms with van der Waals surface area (Å²) in [5, 5.41) is 3.04. The Kier molecular flexibility index (Phi) is 8.54. The van der Waals surface area contributed by atoms with E-state index in [0.29, 0.717) is 6.54 Å². The summed E-state index contributed by atoms with van der Waals surface area (Å²) >= 11 is 0. The van der Waals surface area contributed by atoms with Gasteiger partial charge in [0.05, 0.1) is 0 Å². The third-order valence-corrected chi connectivity index (χ3v) is 6.20. The Morgan fingerprint density at radius 2 is 1.82 bits per heavy atom. The fourth-order valence-electron chi connectivity index (χ4n) is 4.35. The second-order valence-electron chi connectivity index (χ2n) is 9.21. The van der Waals surface area contributed by atoms with Gasteiger partial charge in [0.15, 0.2) is 0 Å². The van der Waals surface area contributed by atoms with Crippen molar-refractivity contribution in [3.8, 4) is 0 Å². The maximum Gasteiger partial charge on any atom is 0.223 e. The maximum atomic E-state index is 12.0. The van der Waals surface area contributed by atoms with Gasteiger partial charge in [0, 0.05) is 12.5 Å². The van der Waals surface area contributed by atoms with Gasteiger partial charge in [0.1, 0.15) is 0 Å². The molecule has 0 bridgehead atoms. The van der Waals surface area contributed by atoms with Crippen LogP contribution in [0.4, 0.5) is 0 Å². The quantitative estimate of drug-likeness (QED) is 0.481. The molecule has 0 saturated heterocycles. The fraction of sp³-hybridized carbons (Fsp3) is 0.577. The third-order valence-electron chi connectivity index (χ3n) is 6.20. The van der Waals surface area contributed by atoms with Crippen molar-refractivity contribution in [2.45, 2.75) is 79.6 Å². The van der Waals surface area contributed by atoms with Crippen LogP contribution >= 0.6 is 0 Å². The summed E-state index contributed by atoms with van der Waals surface area (Å²) in [5.41, 5.74) is 5.75. The van der Waals surface area contributed by atoms with E-state index in [1.165, 1.54) is 54.4 Å². The van der Waals surface area contributed by atoms with Crippen molar-refractivity contribution in [3.05, 3.63) is 58.7 Å². The molecule has 0 aromatic heterocycles. The zero-order valence-corrected chi connectivity index (χ0v) is 18.6. The van der Waals surface area contributed by atoms with Gasteiger partial charge in [0.25, 0.3) is 0 Å². The third kappa shape index (κ3) is 6.96. The van der Waals surface area contributed by atoms with Crippen molar-refractivity contribution in [2.24, 2.45) is 11.3 Å². The Bertz CT molecular complexity index is 694. The van der Waals surface area contributed by atoms with E-state index in [2.05, 4.69) is 76.4 Å². The number of rotatable bonds is 7. The van der Waals surface area contributed by atoms with Crippen LogP contribution in [0.2, 0.25) is 0 Å². The standard InChI is InChI=1S/C26H39NO/c1-20(15-16-24-22(3)12-9-18-26(24,4)5)10-8-11-21(2)17-19-27-25(28)23-13-6-7-14-23/h8,10-11,15-17,23H,6-7,9,12-14,18-19H2,1-5H3,(H,27,28)/b11-8+,16-15+,20-10+,21-17+. The molecule has 0 heterocycles. The zero-order chi connectivity index (χ0) is 20.6. The van der Waals surface area contributed by atoms with Crippen molar-refractivity contribution < 1.29 is 4.79 Å². The van der Waals surface area contributed by atoms with Gasteiger partial charge in [0.2, 0.25) is 5.91 Å². The Morgan fingerprint density at radius 1 is 1.11 bits per heavy atom. The predicted molar refractivity (Wildman–Crippen MR) is 121 cm³/mol. The average Bonchev–Trinajstić information content (AvgIpc) is 3.15. The van der Waals surface area contributed by atoms with Gasteiger partial charge in [-0.2, -0.15) is 0 Å². The van der Waals surface area contributed by atoms with Gasteiger partial charge in [-0.15, -0.1) is 0 Å². The first-order valence-electron chi connectivity index (χ1n) is 11.0. The molecule has 0 unspecified atom stereocenters. The highest BCUT2D eigenvalue weighted by atomic mass is 16.1. The summed E-state index contributed by atoms with van der Waals surface area (Å²) in [6.07, 6.45) is 21.3. The number of amides is 1. The van der Waals surface area contributed by atoms with Crippen LogP contribution in [0.15, 0.2) is 58.7 Å². The lowest BCUT2D eigenvalue weighted by atomic mass is 9.72. The molecule has 0 radical (unpaired) electrons. The van der Waals surface area contributed by atoms with Crippen LogP contribution in [0.25, 0.3) is 0 Å². The van der Waals surface area contributed by atoms with Crippen molar-refractivity contribution in [2.75, 3.05) is 6.54 Å². The molecular formula is C26H39NO. The van der Waals surface area contributed by atoms with Gasteiger partial charge in [-0.3, -0.25) is 4.79 Å². The van der Waals surface area contributed by atoms with Crippen molar-refractivity contribution in [3.63, 3.8) is 0 Å². The van der Waals surface area contributed by atoms with Crippen LogP contribution < -0.4 is 5.32 Å². The maximum absolute atomic E-state index is 12.0. The van der Waals surface area contributed by atoms with Gasteiger partial charge < -0.3 is 5.32 Å². The van der Waals surface area contributed by atoms with Crippen LogP contribution in [-0.2, 0) is 4.79 Å². The molecule has 1 saturated carbocycles. The Labute approximate surface area is 172 Å². The number of carbonyl (C=O) groups is 1. The SMILES string of the molecule is CC1=C(/C=C/C(C)=C/C=C/C(C)=C/CNC(=O)C2CCCC2)C(C)(C)CCC1. The lowest BCUT2D eigenvalue weighted by Gasteiger charge is -2.32. The highest BCUT2D eigenvalue weighted by molar-refractivity contribution is 5.79. The van der Waals surface area contributed by atoms with Crippen molar-refractivity contribution >= 4 is 5.91 Å². The smallest absolute Gasteiger partial charge is 0.223 e. The summed E-state index contributed by atoms with van der Waals surface area (Å²) in [4.78, 5) is 12.0. The number of hydrogen-bond donors (Lipinski definition) is 1. The molecular weight excluding hydrogens is 342 g/mol. The molecule has 0 atom stereocenters. The minimum Gasteiger partial charge on any atom is -0.352 e. The lowest BCUT2D eigenvalue weighted by molar-refractivity contribution is -0.124. The summed E-state index contributed by atoms with van der Waals surface area (Å²) < 4.78 is 0. The molecule has 28 heavy (non-hydrogen) atoms. The molecule has 0 aromatic rings. The predicted octanol–water partition coefficient (Wildman–Crippen LogP) is 6.82. The first kappa shape index (κ1) is 22.5. The molecule has 2 nitrogen and oxygen atoms in total. The zero-order valence-electron chi connectivity index (χ0n) is 18.6. The van der Waals surface area contributed by atoms with Gasteiger partial charge in [-0.05, 0) is 63.9 Å².